The minimum absolute atomic E-state index is 0.224. The van der Waals surface area contributed by atoms with Crippen molar-refractivity contribution in [2.45, 2.75) is 19.8 Å². The first-order valence-electron chi connectivity index (χ1n) is 4.83. The van der Waals surface area contributed by atoms with Gasteiger partial charge >= 0.3 is 5.97 Å². The number of carbonyl (C=O) groups excluding carboxylic acids is 1. The van der Waals surface area contributed by atoms with Crippen LogP contribution in [0.5, 0.6) is 0 Å². The third-order valence-electron chi connectivity index (χ3n) is 2.01. The molecule has 0 saturated carbocycles. The quantitative estimate of drug-likeness (QED) is 0.611. The molecule has 1 aromatic carbocycles. The van der Waals surface area contributed by atoms with Crippen LogP contribution in [-0.2, 0) is 16.0 Å². The van der Waals surface area contributed by atoms with E-state index in [1.807, 2.05) is 0 Å². The van der Waals surface area contributed by atoms with E-state index in [0.717, 1.165) is 0 Å². The van der Waals surface area contributed by atoms with E-state index in [2.05, 4.69) is 0 Å². The van der Waals surface area contributed by atoms with Crippen molar-refractivity contribution in [3.05, 3.63) is 29.6 Å². The summed E-state index contributed by atoms with van der Waals surface area (Å²) in [6.07, 6.45) is 0.629. The van der Waals surface area contributed by atoms with Crippen LogP contribution in [0.2, 0.25) is 0 Å². The molecule has 0 aliphatic heterocycles. The van der Waals surface area contributed by atoms with Gasteiger partial charge in [0.15, 0.2) is 0 Å². The molecule has 0 unspecified atom stereocenters. The van der Waals surface area contributed by atoms with Gasteiger partial charge in [-0.05, 0) is 37.1 Å². The highest BCUT2D eigenvalue weighted by Crippen LogP contribution is 2.15. The number of ether oxygens (including phenoxy) is 1. The molecule has 0 saturated heterocycles. The van der Waals surface area contributed by atoms with E-state index in [9.17, 15) is 9.18 Å². The van der Waals surface area contributed by atoms with Crippen molar-refractivity contribution < 1.29 is 13.9 Å². The number of nitrogen functional groups attached to an aromatic ring is 1. The number of benzene rings is 1. The first-order valence-corrected chi connectivity index (χ1v) is 4.83. The van der Waals surface area contributed by atoms with Gasteiger partial charge < -0.3 is 10.5 Å². The molecule has 0 amide bonds. The molecule has 0 spiro atoms. The number of halogens is 1. The highest BCUT2D eigenvalue weighted by Gasteiger charge is 2.06. The largest absolute Gasteiger partial charge is 0.466 e. The lowest BCUT2D eigenvalue weighted by molar-refractivity contribution is -0.143. The summed E-state index contributed by atoms with van der Waals surface area (Å²) in [5.74, 6) is -0.635. The summed E-state index contributed by atoms with van der Waals surface area (Å²) < 4.78 is 17.6. The minimum Gasteiger partial charge on any atom is -0.466 e. The Bertz CT molecular complexity index is 352. The predicted octanol–water partition coefficient (Wildman–Crippen LogP) is 1.90. The van der Waals surface area contributed by atoms with Crippen LogP contribution in [0.3, 0.4) is 0 Å². The van der Waals surface area contributed by atoms with Gasteiger partial charge in [-0.25, -0.2) is 4.39 Å². The zero-order valence-corrected chi connectivity index (χ0v) is 8.63. The van der Waals surface area contributed by atoms with E-state index in [1.165, 1.54) is 18.2 Å². The van der Waals surface area contributed by atoms with E-state index in [-0.39, 0.29) is 18.2 Å². The number of rotatable bonds is 4. The summed E-state index contributed by atoms with van der Waals surface area (Å²) in [7, 11) is 0. The van der Waals surface area contributed by atoms with Gasteiger partial charge in [-0.3, -0.25) is 4.79 Å². The standard InChI is InChI=1S/C11H14FNO2/c1-2-15-11(14)6-3-8-7-9(12)4-5-10(8)13/h4-5,7H,2-3,6,13H2,1H3. The number of aryl methyl sites for hydroxylation is 1. The third kappa shape index (κ3) is 3.58. The molecule has 0 radical (unpaired) electrons. The van der Waals surface area contributed by atoms with Crippen molar-refractivity contribution in [1.82, 2.24) is 0 Å². The summed E-state index contributed by atoms with van der Waals surface area (Å²) in [5.41, 5.74) is 6.77. The number of esters is 1. The first-order chi connectivity index (χ1) is 7.13. The Hall–Kier alpha value is -1.58. The monoisotopic (exact) mass is 211 g/mol. The van der Waals surface area contributed by atoms with E-state index < -0.39 is 0 Å². The zero-order chi connectivity index (χ0) is 11.3. The molecule has 4 heteroatoms. The average molecular weight is 211 g/mol. The average Bonchev–Trinajstić information content (AvgIpc) is 2.20. The van der Waals surface area contributed by atoms with E-state index >= 15 is 0 Å². The molecular formula is C11H14FNO2. The van der Waals surface area contributed by atoms with Gasteiger partial charge in [0.2, 0.25) is 0 Å². The lowest BCUT2D eigenvalue weighted by Crippen LogP contribution is -2.06. The molecule has 0 bridgehead atoms. The van der Waals surface area contributed by atoms with Crippen LogP contribution in [0.15, 0.2) is 18.2 Å². The number of carbonyl (C=O) groups is 1. The maximum Gasteiger partial charge on any atom is 0.306 e. The van der Waals surface area contributed by atoms with Crippen molar-refractivity contribution in [2.75, 3.05) is 12.3 Å². The molecule has 0 heterocycles. The smallest absolute Gasteiger partial charge is 0.306 e. The van der Waals surface area contributed by atoms with Crippen LogP contribution in [0.1, 0.15) is 18.9 Å². The molecule has 0 aliphatic carbocycles. The first kappa shape index (κ1) is 11.5. The van der Waals surface area contributed by atoms with Crippen molar-refractivity contribution in [1.29, 1.82) is 0 Å². The molecule has 82 valence electrons. The van der Waals surface area contributed by atoms with Crippen LogP contribution in [0.25, 0.3) is 0 Å². The fraction of sp³-hybridized carbons (Fsp3) is 0.364. The van der Waals surface area contributed by atoms with Crippen LogP contribution in [0.4, 0.5) is 10.1 Å². The Morgan fingerprint density at radius 2 is 2.27 bits per heavy atom. The lowest BCUT2D eigenvalue weighted by Gasteiger charge is -2.05. The topological polar surface area (TPSA) is 52.3 Å². The van der Waals surface area contributed by atoms with Gasteiger partial charge in [-0.2, -0.15) is 0 Å². The summed E-state index contributed by atoms with van der Waals surface area (Å²) in [5, 5.41) is 0. The second kappa shape index (κ2) is 5.34. The molecule has 0 fully saturated rings. The molecule has 3 nitrogen and oxygen atoms in total. The van der Waals surface area contributed by atoms with Gasteiger partial charge in [-0.15, -0.1) is 0 Å². The Kier molecular flexibility index (Phi) is 4.09. The second-order valence-electron chi connectivity index (χ2n) is 3.15. The van der Waals surface area contributed by atoms with Gasteiger partial charge in [0.1, 0.15) is 5.82 Å². The van der Waals surface area contributed by atoms with Gasteiger partial charge in [-0.1, -0.05) is 0 Å². The molecule has 15 heavy (non-hydrogen) atoms. The van der Waals surface area contributed by atoms with E-state index in [1.54, 1.807) is 6.92 Å². The zero-order valence-electron chi connectivity index (χ0n) is 8.63. The number of nitrogens with two attached hydrogens (primary N) is 1. The van der Waals surface area contributed by atoms with E-state index in [0.29, 0.717) is 24.3 Å². The van der Waals surface area contributed by atoms with Gasteiger partial charge in [0, 0.05) is 12.1 Å². The molecule has 0 atom stereocenters. The Morgan fingerprint density at radius 3 is 2.93 bits per heavy atom. The number of hydrogen-bond acceptors (Lipinski definition) is 3. The highest BCUT2D eigenvalue weighted by atomic mass is 19.1. The van der Waals surface area contributed by atoms with Crippen LogP contribution >= 0.6 is 0 Å². The van der Waals surface area contributed by atoms with E-state index in [4.69, 9.17) is 10.5 Å². The van der Waals surface area contributed by atoms with Crippen LogP contribution in [-0.4, -0.2) is 12.6 Å². The molecule has 1 rings (SSSR count). The molecule has 0 aromatic heterocycles. The summed E-state index contributed by atoms with van der Waals surface area (Å²) in [4.78, 5) is 11.1. The normalized spacial score (nSPS) is 10.0. The minimum atomic E-state index is -0.344. The Labute approximate surface area is 88.0 Å². The Balaban J connectivity index is 2.57. The lowest BCUT2D eigenvalue weighted by atomic mass is 10.1. The molecule has 0 aliphatic rings. The van der Waals surface area contributed by atoms with Crippen molar-refractivity contribution >= 4 is 11.7 Å². The van der Waals surface area contributed by atoms with Gasteiger partial charge in [0.05, 0.1) is 6.61 Å². The van der Waals surface area contributed by atoms with Crippen molar-refractivity contribution in [2.24, 2.45) is 0 Å². The third-order valence-corrected chi connectivity index (χ3v) is 2.01. The fourth-order valence-electron chi connectivity index (χ4n) is 1.26. The highest BCUT2D eigenvalue weighted by molar-refractivity contribution is 5.70. The molecule has 2 N–H and O–H groups in total. The second-order valence-corrected chi connectivity index (χ2v) is 3.15. The SMILES string of the molecule is CCOC(=O)CCc1cc(F)ccc1N. The molecule has 1 aromatic rings. The van der Waals surface area contributed by atoms with Gasteiger partial charge in [0.25, 0.3) is 0 Å². The van der Waals surface area contributed by atoms with Crippen LogP contribution in [0, 0.1) is 5.82 Å². The Morgan fingerprint density at radius 1 is 1.53 bits per heavy atom. The van der Waals surface area contributed by atoms with Crippen molar-refractivity contribution in [3.8, 4) is 0 Å². The maximum absolute atomic E-state index is 12.8. The summed E-state index contributed by atoms with van der Waals surface area (Å²) in [6, 6.07) is 4.13. The van der Waals surface area contributed by atoms with Crippen LogP contribution < -0.4 is 5.73 Å². The summed E-state index contributed by atoms with van der Waals surface area (Å²) >= 11 is 0. The van der Waals surface area contributed by atoms with Crippen molar-refractivity contribution in [3.63, 3.8) is 0 Å². The fourth-order valence-corrected chi connectivity index (χ4v) is 1.26. The molecular weight excluding hydrogens is 197 g/mol. The maximum atomic E-state index is 12.8. The number of anilines is 1. The number of hydrogen-bond donors (Lipinski definition) is 1. The predicted molar refractivity (Wildman–Crippen MR) is 55.8 cm³/mol. The summed E-state index contributed by atoms with van der Waals surface area (Å²) in [6.45, 7) is 2.10.